The number of hydrogen-bond donors (Lipinski definition) is 2. The highest BCUT2D eigenvalue weighted by molar-refractivity contribution is 7.09. The monoisotopic (exact) mass is 240 g/mol. The van der Waals surface area contributed by atoms with Gasteiger partial charge in [0.1, 0.15) is 5.82 Å². The van der Waals surface area contributed by atoms with Crippen LogP contribution in [0.2, 0.25) is 0 Å². The minimum absolute atomic E-state index is 0.0112. The highest BCUT2D eigenvalue weighted by Crippen LogP contribution is 2.31. The SMILES string of the molecule is COc1cc(-c2cnn(CCO)c2N)sn1. The summed E-state index contributed by atoms with van der Waals surface area (Å²) in [5.74, 6) is 1.09. The molecule has 6 nitrogen and oxygen atoms in total. The number of ether oxygens (including phenoxy) is 1. The average molecular weight is 240 g/mol. The third kappa shape index (κ3) is 1.86. The van der Waals surface area contributed by atoms with Crippen LogP contribution in [0.15, 0.2) is 12.3 Å². The van der Waals surface area contributed by atoms with Gasteiger partial charge in [0.2, 0.25) is 5.88 Å². The molecule has 0 radical (unpaired) electrons. The Hall–Kier alpha value is -1.60. The van der Waals surface area contributed by atoms with Crippen LogP contribution in [-0.2, 0) is 6.54 Å². The van der Waals surface area contributed by atoms with Crippen LogP contribution >= 0.6 is 11.5 Å². The van der Waals surface area contributed by atoms with E-state index in [4.69, 9.17) is 15.6 Å². The van der Waals surface area contributed by atoms with Crippen LogP contribution in [0.4, 0.5) is 5.82 Å². The predicted octanol–water partition coefficient (Wildman–Crippen LogP) is 0.590. The van der Waals surface area contributed by atoms with E-state index in [1.165, 1.54) is 11.5 Å². The van der Waals surface area contributed by atoms with E-state index in [2.05, 4.69) is 9.47 Å². The van der Waals surface area contributed by atoms with Gasteiger partial charge in [0.15, 0.2) is 0 Å². The standard InChI is InChI=1S/C9H12N4O2S/c1-15-8-4-7(16-12-8)6-5-11-13(2-3-14)9(6)10/h4-5,14H,2-3,10H2,1H3. The van der Waals surface area contributed by atoms with Crippen molar-refractivity contribution in [1.82, 2.24) is 14.2 Å². The van der Waals surface area contributed by atoms with E-state index in [-0.39, 0.29) is 6.61 Å². The first kappa shape index (κ1) is 10.9. The number of hydrogen-bond acceptors (Lipinski definition) is 6. The molecule has 2 rings (SSSR count). The number of nitrogens with zero attached hydrogens (tertiary/aromatic N) is 3. The normalized spacial score (nSPS) is 10.6. The topological polar surface area (TPSA) is 86.2 Å². The summed E-state index contributed by atoms with van der Waals surface area (Å²) in [6.45, 7) is 0.402. The zero-order valence-electron chi connectivity index (χ0n) is 8.75. The number of anilines is 1. The molecule has 0 aliphatic heterocycles. The molecule has 0 saturated carbocycles. The average Bonchev–Trinajstić information content (AvgIpc) is 2.87. The smallest absolute Gasteiger partial charge is 0.225 e. The molecule has 16 heavy (non-hydrogen) atoms. The molecule has 0 spiro atoms. The molecular formula is C9H12N4O2S. The van der Waals surface area contributed by atoms with Crippen LogP contribution in [0.1, 0.15) is 0 Å². The van der Waals surface area contributed by atoms with Gasteiger partial charge in [-0.1, -0.05) is 0 Å². The Morgan fingerprint density at radius 1 is 1.62 bits per heavy atom. The van der Waals surface area contributed by atoms with Crippen molar-refractivity contribution in [1.29, 1.82) is 0 Å². The minimum atomic E-state index is 0.0112. The molecule has 3 N–H and O–H groups in total. The molecule has 86 valence electrons. The fourth-order valence-corrected chi connectivity index (χ4v) is 2.06. The zero-order chi connectivity index (χ0) is 11.5. The summed E-state index contributed by atoms with van der Waals surface area (Å²) < 4.78 is 10.6. The molecular weight excluding hydrogens is 228 g/mol. The van der Waals surface area contributed by atoms with Crippen molar-refractivity contribution in [2.45, 2.75) is 6.54 Å². The van der Waals surface area contributed by atoms with Crippen molar-refractivity contribution in [2.24, 2.45) is 0 Å². The molecule has 0 bridgehead atoms. The van der Waals surface area contributed by atoms with Crippen LogP contribution in [0.25, 0.3) is 10.4 Å². The molecule has 0 fully saturated rings. The lowest BCUT2D eigenvalue weighted by atomic mass is 10.3. The summed E-state index contributed by atoms with van der Waals surface area (Å²) in [4.78, 5) is 0.901. The quantitative estimate of drug-likeness (QED) is 0.816. The summed E-state index contributed by atoms with van der Waals surface area (Å²) in [6, 6.07) is 1.81. The van der Waals surface area contributed by atoms with Crippen molar-refractivity contribution < 1.29 is 9.84 Å². The number of aliphatic hydroxyl groups is 1. The van der Waals surface area contributed by atoms with Crippen LogP contribution in [-0.4, -0.2) is 33.0 Å². The zero-order valence-corrected chi connectivity index (χ0v) is 9.57. The summed E-state index contributed by atoms with van der Waals surface area (Å²) in [6.07, 6.45) is 1.66. The maximum Gasteiger partial charge on any atom is 0.225 e. The Labute approximate surface area is 96.4 Å². The summed E-state index contributed by atoms with van der Waals surface area (Å²) in [7, 11) is 1.57. The van der Waals surface area contributed by atoms with Gasteiger partial charge in [0, 0.05) is 6.07 Å². The van der Waals surface area contributed by atoms with Gasteiger partial charge < -0.3 is 15.6 Å². The largest absolute Gasteiger partial charge is 0.480 e. The maximum absolute atomic E-state index is 8.82. The lowest BCUT2D eigenvalue weighted by Crippen LogP contribution is -2.07. The second kappa shape index (κ2) is 4.50. The van der Waals surface area contributed by atoms with Crippen LogP contribution in [0, 0.1) is 0 Å². The van der Waals surface area contributed by atoms with E-state index in [0.717, 1.165) is 10.4 Å². The predicted molar refractivity (Wildman–Crippen MR) is 61.4 cm³/mol. The van der Waals surface area contributed by atoms with Crippen LogP contribution in [0.3, 0.4) is 0 Å². The molecule has 0 aliphatic rings. The van der Waals surface area contributed by atoms with Crippen LogP contribution in [0.5, 0.6) is 5.88 Å². The van der Waals surface area contributed by atoms with Gasteiger partial charge >= 0.3 is 0 Å². The van der Waals surface area contributed by atoms with E-state index < -0.39 is 0 Å². The second-order valence-electron chi connectivity index (χ2n) is 3.12. The number of aromatic nitrogens is 3. The molecule has 2 heterocycles. The number of methoxy groups -OCH3 is 1. The minimum Gasteiger partial charge on any atom is -0.480 e. The Morgan fingerprint density at radius 2 is 2.44 bits per heavy atom. The lowest BCUT2D eigenvalue weighted by Gasteiger charge is -2.00. The molecule has 2 aromatic heterocycles. The third-order valence-corrected chi connectivity index (χ3v) is 2.96. The molecule has 0 aromatic carbocycles. The number of nitrogen functional groups attached to an aromatic ring is 1. The lowest BCUT2D eigenvalue weighted by molar-refractivity contribution is 0.270. The van der Waals surface area contributed by atoms with Crippen molar-refractivity contribution >= 4 is 17.4 Å². The number of rotatable bonds is 4. The van der Waals surface area contributed by atoms with Gasteiger partial charge in [0.05, 0.1) is 36.9 Å². The first-order chi connectivity index (χ1) is 7.76. The second-order valence-corrected chi connectivity index (χ2v) is 3.93. The number of nitrogens with two attached hydrogens (primary N) is 1. The van der Waals surface area contributed by atoms with E-state index in [1.54, 1.807) is 24.1 Å². The van der Waals surface area contributed by atoms with Crippen molar-refractivity contribution in [3.05, 3.63) is 12.3 Å². The number of aliphatic hydroxyl groups excluding tert-OH is 1. The fourth-order valence-electron chi connectivity index (χ4n) is 1.34. The van der Waals surface area contributed by atoms with Crippen molar-refractivity contribution in [3.8, 4) is 16.3 Å². The summed E-state index contributed by atoms with van der Waals surface area (Å²) in [5, 5.41) is 12.9. The Bertz CT molecular complexity index is 480. The molecule has 7 heteroatoms. The first-order valence-corrected chi connectivity index (χ1v) is 5.47. The van der Waals surface area contributed by atoms with Gasteiger partial charge in [-0.25, -0.2) is 4.68 Å². The Morgan fingerprint density at radius 3 is 3.06 bits per heavy atom. The van der Waals surface area contributed by atoms with E-state index in [1.807, 2.05) is 0 Å². The molecule has 0 aliphatic carbocycles. The maximum atomic E-state index is 8.82. The third-order valence-electron chi connectivity index (χ3n) is 2.16. The highest BCUT2D eigenvalue weighted by atomic mass is 32.1. The van der Waals surface area contributed by atoms with Gasteiger partial charge in [-0.05, 0) is 11.5 Å². The van der Waals surface area contributed by atoms with Gasteiger partial charge in [-0.3, -0.25) is 0 Å². The van der Waals surface area contributed by atoms with E-state index >= 15 is 0 Å². The Kier molecular flexibility index (Phi) is 3.07. The van der Waals surface area contributed by atoms with Gasteiger partial charge in [0.25, 0.3) is 0 Å². The molecule has 0 saturated heterocycles. The van der Waals surface area contributed by atoms with Crippen molar-refractivity contribution in [3.63, 3.8) is 0 Å². The fraction of sp³-hybridized carbons (Fsp3) is 0.333. The molecule has 0 amide bonds. The van der Waals surface area contributed by atoms with Gasteiger partial charge in [-0.2, -0.15) is 9.47 Å². The van der Waals surface area contributed by atoms with Gasteiger partial charge in [-0.15, -0.1) is 0 Å². The van der Waals surface area contributed by atoms with E-state index in [0.29, 0.717) is 18.2 Å². The summed E-state index contributed by atoms with van der Waals surface area (Å²) in [5.41, 5.74) is 6.71. The first-order valence-electron chi connectivity index (χ1n) is 4.69. The van der Waals surface area contributed by atoms with Crippen molar-refractivity contribution in [2.75, 3.05) is 19.5 Å². The van der Waals surface area contributed by atoms with Crippen LogP contribution < -0.4 is 10.5 Å². The molecule has 0 unspecified atom stereocenters. The van der Waals surface area contributed by atoms with E-state index in [9.17, 15) is 0 Å². The summed E-state index contributed by atoms with van der Waals surface area (Å²) >= 11 is 1.30. The molecule has 0 atom stereocenters. The Balaban J connectivity index is 2.33. The molecule has 2 aromatic rings. The highest BCUT2D eigenvalue weighted by Gasteiger charge is 2.12.